The summed E-state index contributed by atoms with van der Waals surface area (Å²) in [6.45, 7) is 5.38. The number of fused-ring (bicyclic) bond motifs is 2. The minimum atomic E-state index is -1.03. The molecule has 0 bridgehead atoms. The molecule has 1 unspecified atom stereocenters. The molecule has 0 radical (unpaired) electrons. The van der Waals surface area contributed by atoms with Crippen LogP contribution in [0.4, 0.5) is 11.5 Å². The Hall–Kier alpha value is -6.06. The van der Waals surface area contributed by atoms with Crippen LogP contribution in [0.3, 0.4) is 0 Å². The second-order valence-corrected chi connectivity index (χ2v) is 16.0. The van der Waals surface area contributed by atoms with Crippen LogP contribution in [-0.2, 0) is 14.4 Å². The summed E-state index contributed by atoms with van der Waals surface area (Å²) in [5.41, 5.74) is 4.23. The highest BCUT2D eigenvalue weighted by Gasteiger charge is 2.46. The van der Waals surface area contributed by atoms with Crippen molar-refractivity contribution in [3.05, 3.63) is 93.9 Å². The van der Waals surface area contributed by atoms with Gasteiger partial charge in [0.15, 0.2) is 0 Å². The van der Waals surface area contributed by atoms with Crippen LogP contribution >= 0.6 is 23.2 Å². The first-order valence-corrected chi connectivity index (χ1v) is 20.3. The fourth-order valence-electron chi connectivity index (χ4n) is 8.61. The number of hydrogen-bond donors (Lipinski definition) is 2. The maximum absolute atomic E-state index is 13.7. The van der Waals surface area contributed by atoms with Gasteiger partial charge in [0.25, 0.3) is 11.8 Å². The summed E-state index contributed by atoms with van der Waals surface area (Å²) in [6, 6.07) is 13.8. The molecule has 3 saturated heterocycles. The number of carbonyl (C=O) groups excluding carboxylic acids is 5. The number of halogens is 2. The largest absolute Gasteiger partial charge is 0.486 e. The zero-order valence-corrected chi connectivity index (χ0v) is 33.5. The van der Waals surface area contributed by atoms with Gasteiger partial charge in [-0.05, 0) is 68.7 Å². The molecule has 3 fully saturated rings. The molecule has 17 heteroatoms. The molecule has 5 aromatic rings. The normalized spacial score (nSPS) is 19.3. The highest BCUT2D eigenvalue weighted by molar-refractivity contribution is 6.35. The number of nitrogens with zero attached hydrogens (tertiary/aromatic N) is 7. The molecular formula is C42H39Cl2N9O6. The monoisotopic (exact) mass is 835 g/mol. The van der Waals surface area contributed by atoms with E-state index in [-0.39, 0.29) is 35.8 Å². The van der Waals surface area contributed by atoms with Gasteiger partial charge in [0.1, 0.15) is 29.4 Å². The first-order chi connectivity index (χ1) is 28.5. The zero-order valence-electron chi connectivity index (χ0n) is 32.0. The Labute approximate surface area is 348 Å². The average Bonchev–Trinajstić information content (AvgIpc) is 3.78. The maximum Gasteiger partial charge on any atom is 0.264 e. The van der Waals surface area contributed by atoms with Gasteiger partial charge >= 0.3 is 0 Å². The predicted molar refractivity (Wildman–Crippen MR) is 219 cm³/mol. The zero-order chi connectivity index (χ0) is 40.9. The molecule has 2 N–H and O–H groups in total. The standard InChI is InChI=1S/C42H39Cl2N9O6/c1-23(36-29(43)21-45-22-30(36)44)59-26-6-7-31-28(19-26)38(49-48-31)25-5-9-34(46-20-25)51-15-17-52(18-16-51)40(56)24-11-13-50(14-12-24)32-4-2-3-27-37(32)42(58)53(41(27)57)33-8-10-35(54)47-39(33)55/h2-7,9,19-24,33H,8,10-18H2,1H3,(H,48,49)(H,47,54,55)/t23-,33?/m1/s1. The fourth-order valence-corrected chi connectivity index (χ4v) is 9.29. The average molecular weight is 837 g/mol. The van der Waals surface area contributed by atoms with Crippen molar-refractivity contribution < 1.29 is 28.7 Å². The lowest BCUT2D eigenvalue weighted by molar-refractivity contribution is -0.137. The van der Waals surface area contributed by atoms with Crippen LogP contribution in [0.5, 0.6) is 5.75 Å². The first-order valence-electron chi connectivity index (χ1n) is 19.6. The number of amides is 5. The molecule has 2 atom stereocenters. The van der Waals surface area contributed by atoms with Gasteiger partial charge in [-0.15, -0.1) is 0 Å². The molecule has 7 heterocycles. The van der Waals surface area contributed by atoms with E-state index in [1.165, 1.54) is 0 Å². The van der Waals surface area contributed by atoms with Gasteiger partial charge in [0.05, 0.1) is 32.4 Å². The number of aromatic nitrogens is 4. The fraction of sp³-hybridized carbons (Fsp3) is 0.333. The maximum atomic E-state index is 13.7. The van der Waals surface area contributed by atoms with Crippen molar-refractivity contribution in [2.45, 2.75) is 44.8 Å². The number of aromatic amines is 1. The van der Waals surface area contributed by atoms with Crippen LogP contribution in [0.25, 0.3) is 22.2 Å². The number of rotatable bonds is 8. The number of H-pyrrole nitrogens is 1. The van der Waals surface area contributed by atoms with Crippen LogP contribution in [-0.4, -0.2) is 105 Å². The first kappa shape index (κ1) is 38.5. The third-order valence-corrected chi connectivity index (χ3v) is 12.3. The van der Waals surface area contributed by atoms with E-state index >= 15 is 0 Å². The summed E-state index contributed by atoms with van der Waals surface area (Å²) in [5.74, 6) is -0.711. The van der Waals surface area contributed by atoms with Gasteiger partial charge in [-0.2, -0.15) is 5.10 Å². The SMILES string of the molecule is C[C@@H](Oc1ccc2[nH]nc(-c3ccc(N4CCN(C(=O)C5CCN(c6cccc7c6C(=O)N(C6CCC(=O)NC6=O)C7=O)CC5)CC4)nc3)c2c1)c1c(Cl)cncc1Cl. The van der Waals surface area contributed by atoms with Crippen LogP contribution in [0, 0.1) is 5.92 Å². The van der Waals surface area contributed by atoms with Crippen LogP contribution in [0.2, 0.25) is 10.0 Å². The highest BCUT2D eigenvalue weighted by atomic mass is 35.5. The highest BCUT2D eigenvalue weighted by Crippen LogP contribution is 2.38. The summed E-state index contributed by atoms with van der Waals surface area (Å²) >= 11 is 12.7. The topological polar surface area (TPSA) is 174 Å². The summed E-state index contributed by atoms with van der Waals surface area (Å²) in [6.07, 6.45) is 5.84. The van der Waals surface area contributed by atoms with Crippen molar-refractivity contribution in [1.82, 2.24) is 35.3 Å². The molecule has 4 aliphatic rings. The van der Waals surface area contributed by atoms with E-state index in [0.717, 1.165) is 32.9 Å². The molecule has 4 aliphatic heterocycles. The predicted octanol–water partition coefficient (Wildman–Crippen LogP) is 5.43. The quantitative estimate of drug-likeness (QED) is 0.191. The smallest absolute Gasteiger partial charge is 0.264 e. The summed E-state index contributed by atoms with van der Waals surface area (Å²) in [5, 5.41) is 11.6. The molecule has 0 aliphatic carbocycles. The molecule has 3 aromatic heterocycles. The van der Waals surface area contributed by atoms with Gasteiger partial charge in [-0.3, -0.25) is 44.3 Å². The lowest BCUT2D eigenvalue weighted by atomic mass is 9.93. The number of benzene rings is 2. The molecule has 5 amide bonds. The van der Waals surface area contributed by atoms with Crippen LogP contribution in [0.15, 0.2) is 67.1 Å². The Morgan fingerprint density at radius 3 is 2.34 bits per heavy atom. The second kappa shape index (κ2) is 15.6. The summed E-state index contributed by atoms with van der Waals surface area (Å²) in [4.78, 5) is 80.9. The molecule has 0 saturated carbocycles. The molecule has 59 heavy (non-hydrogen) atoms. The van der Waals surface area contributed by atoms with E-state index in [1.54, 1.807) is 30.7 Å². The van der Waals surface area contributed by atoms with E-state index in [0.29, 0.717) is 79.2 Å². The van der Waals surface area contributed by atoms with Gasteiger partial charge in [-0.1, -0.05) is 29.3 Å². The minimum absolute atomic E-state index is 0.0583. The third kappa shape index (κ3) is 7.11. The van der Waals surface area contributed by atoms with E-state index < -0.39 is 35.8 Å². The Balaban J connectivity index is 0.798. The number of anilines is 2. The molecule has 2 aromatic carbocycles. The molecule has 15 nitrogen and oxygen atoms in total. The number of imide groups is 2. The van der Waals surface area contributed by atoms with Crippen LogP contribution in [0.1, 0.15) is 65.0 Å². The van der Waals surface area contributed by atoms with E-state index in [2.05, 4.69) is 25.4 Å². The van der Waals surface area contributed by atoms with Gasteiger partial charge in [-0.25, -0.2) is 4.98 Å². The van der Waals surface area contributed by atoms with Crippen molar-refractivity contribution >= 4 is 75.1 Å². The van der Waals surface area contributed by atoms with Crippen molar-refractivity contribution in [3.63, 3.8) is 0 Å². The lowest BCUT2D eigenvalue weighted by Gasteiger charge is -2.39. The summed E-state index contributed by atoms with van der Waals surface area (Å²) in [7, 11) is 0. The summed E-state index contributed by atoms with van der Waals surface area (Å²) < 4.78 is 6.23. The second-order valence-electron chi connectivity index (χ2n) is 15.2. The number of nitrogens with one attached hydrogen (secondary N) is 2. The Bertz CT molecular complexity index is 2490. The van der Waals surface area contributed by atoms with Gasteiger partial charge in [0, 0.05) is 86.7 Å². The Kier molecular flexibility index (Phi) is 10.2. The Morgan fingerprint density at radius 2 is 1.63 bits per heavy atom. The van der Waals surface area contributed by atoms with Crippen molar-refractivity contribution in [2.24, 2.45) is 5.92 Å². The lowest BCUT2D eigenvalue weighted by Crippen LogP contribution is -2.54. The molecule has 0 spiro atoms. The number of piperidine rings is 2. The van der Waals surface area contributed by atoms with Crippen molar-refractivity contribution in [2.75, 3.05) is 49.1 Å². The molecular weight excluding hydrogens is 797 g/mol. The van der Waals surface area contributed by atoms with Gasteiger partial charge in [0.2, 0.25) is 17.7 Å². The van der Waals surface area contributed by atoms with E-state index in [4.69, 9.17) is 32.9 Å². The number of ether oxygens (including phenoxy) is 1. The third-order valence-electron chi connectivity index (χ3n) is 11.7. The number of carbonyl (C=O) groups is 5. The molecule has 302 valence electrons. The van der Waals surface area contributed by atoms with Crippen molar-refractivity contribution in [3.8, 4) is 17.0 Å². The minimum Gasteiger partial charge on any atom is -0.486 e. The number of hydrogen-bond acceptors (Lipinski definition) is 11. The molecule has 9 rings (SSSR count). The van der Waals surface area contributed by atoms with E-state index in [9.17, 15) is 24.0 Å². The number of piperazine rings is 1. The Morgan fingerprint density at radius 1 is 0.864 bits per heavy atom. The number of pyridine rings is 2. The van der Waals surface area contributed by atoms with E-state index in [1.807, 2.05) is 53.1 Å². The van der Waals surface area contributed by atoms with Crippen molar-refractivity contribution in [1.29, 1.82) is 0 Å². The van der Waals surface area contributed by atoms with Crippen LogP contribution < -0.4 is 19.9 Å². The van der Waals surface area contributed by atoms with Gasteiger partial charge < -0.3 is 19.4 Å².